The molecule has 1 aromatic carbocycles. The molecule has 0 spiro atoms. The molecule has 1 heterocycles. The van der Waals surface area contributed by atoms with Crippen molar-refractivity contribution in [2.45, 2.75) is 38.1 Å². The fourth-order valence-electron chi connectivity index (χ4n) is 3.05. The van der Waals surface area contributed by atoms with Crippen LogP contribution in [0.1, 0.15) is 32.1 Å². The molecule has 1 aliphatic heterocycles. The summed E-state index contributed by atoms with van der Waals surface area (Å²) >= 11 is 0. The number of hydrogen-bond acceptors (Lipinski definition) is 3. The maximum absolute atomic E-state index is 12.3. The summed E-state index contributed by atoms with van der Waals surface area (Å²) in [5, 5.41) is 8.95. The molecule has 116 valence electrons. The molecule has 1 unspecified atom stereocenters. The summed E-state index contributed by atoms with van der Waals surface area (Å²) in [6.07, 6.45) is 4.86. The van der Waals surface area contributed by atoms with Gasteiger partial charge >= 0.3 is 0 Å². The average molecular weight is 290 g/mol. The second-order valence-electron chi connectivity index (χ2n) is 5.74. The molecule has 1 saturated heterocycles. The number of benzene rings is 1. The Morgan fingerprint density at radius 2 is 2.14 bits per heavy atom. The van der Waals surface area contributed by atoms with E-state index in [0.717, 1.165) is 31.6 Å². The third-order valence-corrected chi connectivity index (χ3v) is 4.33. The first-order valence-electron chi connectivity index (χ1n) is 7.89. The van der Waals surface area contributed by atoms with E-state index >= 15 is 0 Å². The number of rotatable bonds is 7. The topological polar surface area (TPSA) is 43.8 Å². The van der Waals surface area contributed by atoms with Crippen LogP contribution in [0.2, 0.25) is 0 Å². The Bertz CT molecular complexity index is 436. The first kappa shape index (κ1) is 16.0. The lowest BCUT2D eigenvalue weighted by Crippen LogP contribution is -2.35. The van der Waals surface area contributed by atoms with Crippen molar-refractivity contribution in [1.29, 1.82) is 0 Å². The Hall–Kier alpha value is -1.39. The van der Waals surface area contributed by atoms with E-state index in [2.05, 4.69) is 4.90 Å². The molecule has 1 aliphatic rings. The summed E-state index contributed by atoms with van der Waals surface area (Å²) in [5.41, 5.74) is 0.945. The Morgan fingerprint density at radius 3 is 2.86 bits per heavy atom. The van der Waals surface area contributed by atoms with Crippen molar-refractivity contribution in [2.75, 3.05) is 31.6 Å². The Labute approximate surface area is 127 Å². The van der Waals surface area contributed by atoms with Crippen molar-refractivity contribution in [2.24, 2.45) is 0 Å². The van der Waals surface area contributed by atoms with Gasteiger partial charge in [-0.15, -0.1) is 0 Å². The summed E-state index contributed by atoms with van der Waals surface area (Å²) in [4.78, 5) is 16.4. The minimum Gasteiger partial charge on any atom is -0.396 e. The highest BCUT2D eigenvalue weighted by atomic mass is 16.3. The fraction of sp³-hybridized carbons (Fsp3) is 0.588. The number of amides is 1. The van der Waals surface area contributed by atoms with Crippen LogP contribution in [0.15, 0.2) is 30.3 Å². The van der Waals surface area contributed by atoms with Gasteiger partial charge in [-0.25, -0.2) is 0 Å². The van der Waals surface area contributed by atoms with Gasteiger partial charge in [0, 0.05) is 38.3 Å². The maximum Gasteiger partial charge on any atom is 0.228 e. The molecule has 1 amide bonds. The second kappa shape index (κ2) is 8.15. The number of carbonyl (C=O) groups is 1. The third kappa shape index (κ3) is 4.55. The Morgan fingerprint density at radius 1 is 1.38 bits per heavy atom. The number of carbonyl (C=O) groups excluding carboxylic acids is 1. The van der Waals surface area contributed by atoms with E-state index in [-0.39, 0.29) is 12.5 Å². The second-order valence-corrected chi connectivity index (χ2v) is 5.74. The summed E-state index contributed by atoms with van der Waals surface area (Å²) in [6.45, 7) is 2.17. The van der Waals surface area contributed by atoms with Crippen LogP contribution >= 0.6 is 0 Å². The van der Waals surface area contributed by atoms with Gasteiger partial charge in [0.05, 0.1) is 0 Å². The molecule has 4 nitrogen and oxygen atoms in total. The maximum atomic E-state index is 12.3. The number of aliphatic hydroxyl groups excluding tert-OH is 1. The summed E-state index contributed by atoms with van der Waals surface area (Å²) < 4.78 is 0. The quantitative estimate of drug-likeness (QED) is 0.838. The van der Waals surface area contributed by atoms with Gasteiger partial charge in [-0.1, -0.05) is 18.2 Å². The highest BCUT2D eigenvalue weighted by Crippen LogP contribution is 2.21. The minimum absolute atomic E-state index is 0.161. The number of likely N-dealkylation sites (tertiary alicyclic amines) is 1. The van der Waals surface area contributed by atoms with E-state index in [4.69, 9.17) is 5.11 Å². The van der Waals surface area contributed by atoms with E-state index in [1.807, 2.05) is 37.4 Å². The molecule has 4 heteroatoms. The third-order valence-electron chi connectivity index (χ3n) is 4.33. The zero-order chi connectivity index (χ0) is 15.1. The van der Waals surface area contributed by atoms with Crippen molar-refractivity contribution >= 4 is 11.6 Å². The van der Waals surface area contributed by atoms with E-state index < -0.39 is 0 Å². The Kier molecular flexibility index (Phi) is 6.21. The van der Waals surface area contributed by atoms with Gasteiger partial charge in [-0.05, 0) is 44.4 Å². The van der Waals surface area contributed by atoms with Gasteiger partial charge in [-0.2, -0.15) is 0 Å². The molecular weight excluding hydrogens is 264 g/mol. The number of nitrogens with zero attached hydrogens (tertiary/aromatic N) is 2. The molecule has 1 N–H and O–H groups in total. The Balaban J connectivity index is 1.80. The van der Waals surface area contributed by atoms with Crippen LogP contribution in [0.3, 0.4) is 0 Å². The van der Waals surface area contributed by atoms with Crippen LogP contribution in [0, 0.1) is 0 Å². The van der Waals surface area contributed by atoms with E-state index in [9.17, 15) is 4.79 Å². The van der Waals surface area contributed by atoms with Crippen molar-refractivity contribution in [1.82, 2.24) is 4.90 Å². The van der Waals surface area contributed by atoms with Crippen molar-refractivity contribution in [3.05, 3.63) is 30.3 Å². The normalized spacial score (nSPS) is 18.9. The van der Waals surface area contributed by atoms with Crippen LogP contribution in [0.4, 0.5) is 5.69 Å². The number of para-hydroxylation sites is 1. The highest BCUT2D eigenvalue weighted by molar-refractivity contribution is 5.92. The van der Waals surface area contributed by atoms with E-state index in [1.165, 1.54) is 12.8 Å². The van der Waals surface area contributed by atoms with Crippen LogP contribution in [-0.2, 0) is 4.79 Å². The lowest BCUT2D eigenvalue weighted by Gasteiger charge is -2.25. The minimum atomic E-state index is 0.161. The van der Waals surface area contributed by atoms with Gasteiger partial charge < -0.3 is 10.0 Å². The molecule has 0 bridgehead atoms. The number of hydrogen-bond donors (Lipinski definition) is 1. The highest BCUT2D eigenvalue weighted by Gasteiger charge is 2.24. The molecule has 2 rings (SSSR count). The smallest absolute Gasteiger partial charge is 0.228 e. The summed E-state index contributed by atoms with van der Waals surface area (Å²) in [7, 11) is 1.84. The lowest BCUT2D eigenvalue weighted by atomic mass is 10.1. The number of anilines is 1. The van der Waals surface area contributed by atoms with Gasteiger partial charge in [0.15, 0.2) is 0 Å². The zero-order valence-electron chi connectivity index (χ0n) is 12.9. The van der Waals surface area contributed by atoms with Crippen LogP contribution in [0.25, 0.3) is 0 Å². The molecule has 0 radical (unpaired) electrons. The van der Waals surface area contributed by atoms with Crippen LogP contribution < -0.4 is 4.90 Å². The molecule has 0 saturated carbocycles. The summed E-state index contributed by atoms with van der Waals surface area (Å²) in [5.74, 6) is 0.161. The molecular formula is C17H26N2O2. The number of aliphatic hydroxyl groups is 1. The average Bonchev–Trinajstić information content (AvgIpc) is 2.98. The lowest BCUT2D eigenvalue weighted by molar-refractivity contribution is -0.118. The first-order chi connectivity index (χ1) is 10.2. The van der Waals surface area contributed by atoms with Crippen LogP contribution in [0.5, 0.6) is 0 Å². The molecule has 1 aromatic rings. The molecule has 0 aromatic heterocycles. The van der Waals surface area contributed by atoms with Crippen molar-refractivity contribution < 1.29 is 9.90 Å². The van der Waals surface area contributed by atoms with Gasteiger partial charge in [-0.3, -0.25) is 9.69 Å². The molecule has 21 heavy (non-hydrogen) atoms. The van der Waals surface area contributed by atoms with Gasteiger partial charge in [0.25, 0.3) is 0 Å². The largest absolute Gasteiger partial charge is 0.396 e. The van der Waals surface area contributed by atoms with E-state index in [1.54, 1.807) is 4.90 Å². The SMILES string of the molecule is CN(C(=O)CCN1CCCC1CCCO)c1ccccc1. The monoisotopic (exact) mass is 290 g/mol. The fourth-order valence-corrected chi connectivity index (χ4v) is 3.05. The van der Waals surface area contributed by atoms with Crippen LogP contribution in [-0.4, -0.2) is 48.7 Å². The molecule has 1 atom stereocenters. The summed E-state index contributed by atoms with van der Waals surface area (Å²) in [6, 6.07) is 10.3. The van der Waals surface area contributed by atoms with E-state index in [0.29, 0.717) is 12.5 Å². The zero-order valence-corrected chi connectivity index (χ0v) is 12.9. The molecule has 0 aliphatic carbocycles. The molecule has 1 fully saturated rings. The van der Waals surface area contributed by atoms with Gasteiger partial charge in [0.1, 0.15) is 0 Å². The first-order valence-corrected chi connectivity index (χ1v) is 7.89. The van der Waals surface area contributed by atoms with Gasteiger partial charge in [0.2, 0.25) is 5.91 Å². The van der Waals surface area contributed by atoms with Crippen molar-refractivity contribution in [3.63, 3.8) is 0 Å². The predicted molar refractivity (Wildman–Crippen MR) is 85.4 cm³/mol. The van der Waals surface area contributed by atoms with Crippen molar-refractivity contribution in [3.8, 4) is 0 Å². The predicted octanol–water partition coefficient (Wildman–Crippen LogP) is 2.28. The standard InChI is InChI=1S/C17H26N2O2/c1-18(15-7-3-2-4-8-15)17(21)11-13-19-12-5-9-16(19)10-6-14-20/h2-4,7-8,16,20H,5-6,9-14H2,1H3.